The Morgan fingerprint density at radius 1 is 1.32 bits per heavy atom. The second-order valence-corrected chi connectivity index (χ2v) is 8.65. The minimum atomic E-state index is -3.99. The second kappa shape index (κ2) is 8.48. The molecule has 1 fully saturated rings. The van der Waals surface area contributed by atoms with E-state index in [1.807, 2.05) is 13.0 Å². The van der Waals surface area contributed by atoms with Crippen LogP contribution in [0.2, 0.25) is 0 Å². The van der Waals surface area contributed by atoms with Crippen molar-refractivity contribution in [3.63, 3.8) is 0 Å². The van der Waals surface area contributed by atoms with Gasteiger partial charge in [-0.05, 0) is 33.8 Å². The number of ether oxygens (including phenoxy) is 1. The van der Waals surface area contributed by atoms with Gasteiger partial charge in [-0.25, -0.2) is 4.98 Å². The molecule has 9 heteroatoms. The van der Waals surface area contributed by atoms with Crippen LogP contribution in [0.3, 0.4) is 0 Å². The smallest absolute Gasteiger partial charge is 0.313 e. The molecule has 0 N–H and O–H groups in total. The molecule has 2 aromatic rings. The molecule has 0 aliphatic heterocycles. The SMILES string of the molecule is CCC(=O)CC1CC(F)(F)C1(F)F.COc1cc(C#N)cc2c1nc(C)n2C(C)(C)C. The first kappa shape index (κ1) is 24.6. The van der Waals surface area contributed by atoms with Gasteiger partial charge in [-0.1, -0.05) is 6.92 Å². The number of alkyl halides is 4. The Bertz CT molecular complexity index is 1020. The van der Waals surface area contributed by atoms with E-state index < -0.39 is 30.6 Å². The topological polar surface area (TPSA) is 67.9 Å². The van der Waals surface area contributed by atoms with Crippen molar-refractivity contribution in [3.8, 4) is 11.8 Å². The quantitative estimate of drug-likeness (QED) is 0.577. The lowest BCUT2D eigenvalue weighted by molar-refractivity contribution is -0.313. The normalized spacial score (nSPS) is 19.1. The highest BCUT2D eigenvalue weighted by molar-refractivity contribution is 5.84. The number of hydrogen-bond donors (Lipinski definition) is 0. The van der Waals surface area contributed by atoms with Crippen LogP contribution in [0.4, 0.5) is 17.6 Å². The van der Waals surface area contributed by atoms with Crippen molar-refractivity contribution in [1.82, 2.24) is 9.55 Å². The third-order valence-corrected chi connectivity index (χ3v) is 5.28. The van der Waals surface area contributed by atoms with Crippen LogP contribution in [0.25, 0.3) is 11.0 Å². The van der Waals surface area contributed by atoms with Crippen molar-refractivity contribution >= 4 is 16.8 Å². The maximum atomic E-state index is 12.6. The molecule has 170 valence electrons. The summed E-state index contributed by atoms with van der Waals surface area (Å²) < 4.78 is 57.1. The predicted molar refractivity (Wildman–Crippen MR) is 109 cm³/mol. The van der Waals surface area contributed by atoms with Crippen LogP contribution in [0, 0.1) is 24.2 Å². The fourth-order valence-electron chi connectivity index (χ4n) is 3.69. The molecule has 1 heterocycles. The van der Waals surface area contributed by atoms with Gasteiger partial charge in [-0.15, -0.1) is 0 Å². The Balaban J connectivity index is 0.000000233. The number of methoxy groups -OCH3 is 1. The van der Waals surface area contributed by atoms with Crippen molar-refractivity contribution in [2.24, 2.45) is 5.92 Å². The number of hydrogen-bond acceptors (Lipinski definition) is 4. The first-order chi connectivity index (χ1) is 14.2. The molecule has 0 spiro atoms. The van der Waals surface area contributed by atoms with Crippen molar-refractivity contribution in [3.05, 3.63) is 23.5 Å². The van der Waals surface area contributed by atoms with Gasteiger partial charge in [0.25, 0.3) is 0 Å². The second-order valence-electron chi connectivity index (χ2n) is 8.65. The number of benzene rings is 1. The molecule has 0 saturated heterocycles. The Morgan fingerprint density at radius 3 is 2.35 bits per heavy atom. The first-order valence-electron chi connectivity index (χ1n) is 9.94. The molecule has 1 unspecified atom stereocenters. The van der Waals surface area contributed by atoms with E-state index in [2.05, 4.69) is 36.4 Å². The standard InChI is InChI=1S/C14H17N3O.C8H10F4O/c1-9-16-13-11(17(9)14(2,3)4)6-10(8-15)7-12(13)18-5;1-2-6(13)3-5-4-7(9,10)8(5,11)12/h6-7H,1-5H3;5H,2-4H2,1H3. The summed E-state index contributed by atoms with van der Waals surface area (Å²) in [6.07, 6.45) is -1.18. The lowest BCUT2D eigenvalue weighted by atomic mass is 9.74. The summed E-state index contributed by atoms with van der Waals surface area (Å²) in [5.41, 5.74) is 2.25. The Labute approximate surface area is 179 Å². The maximum Gasteiger partial charge on any atom is 0.313 e. The molecule has 1 atom stereocenters. The van der Waals surface area contributed by atoms with Crippen LogP contribution in [0.5, 0.6) is 5.75 Å². The number of carbonyl (C=O) groups is 1. The van der Waals surface area contributed by atoms with Gasteiger partial charge < -0.3 is 9.30 Å². The number of carbonyl (C=O) groups excluding carboxylic acids is 1. The molecule has 1 aromatic heterocycles. The maximum absolute atomic E-state index is 12.6. The van der Waals surface area contributed by atoms with Crippen LogP contribution in [-0.4, -0.2) is 34.3 Å². The lowest BCUT2D eigenvalue weighted by Crippen LogP contribution is -2.59. The predicted octanol–water partition coefficient (Wildman–Crippen LogP) is 5.63. The summed E-state index contributed by atoms with van der Waals surface area (Å²) in [6, 6.07) is 5.75. The Hall–Kier alpha value is -2.63. The van der Waals surface area contributed by atoms with Gasteiger partial charge in [0.2, 0.25) is 0 Å². The van der Waals surface area contributed by atoms with Gasteiger partial charge in [0, 0.05) is 36.8 Å². The van der Waals surface area contributed by atoms with Gasteiger partial charge >= 0.3 is 11.8 Å². The Kier molecular flexibility index (Phi) is 6.74. The highest BCUT2D eigenvalue weighted by atomic mass is 19.3. The number of aromatic nitrogens is 2. The zero-order valence-electron chi connectivity index (χ0n) is 18.5. The van der Waals surface area contributed by atoms with Crippen LogP contribution in [0.1, 0.15) is 58.3 Å². The molecule has 0 bridgehead atoms. The zero-order chi connectivity index (χ0) is 23.8. The molecular formula is C22H27F4N3O2. The van der Waals surface area contributed by atoms with E-state index in [1.165, 1.54) is 6.92 Å². The summed E-state index contributed by atoms with van der Waals surface area (Å²) in [4.78, 5) is 15.3. The molecule has 5 nitrogen and oxygen atoms in total. The van der Waals surface area contributed by atoms with E-state index >= 15 is 0 Å². The fraction of sp³-hybridized carbons (Fsp3) is 0.591. The first-order valence-corrected chi connectivity index (χ1v) is 9.94. The third kappa shape index (κ3) is 4.68. The van der Waals surface area contributed by atoms with Gasteiger partial charge in [0.1, 0.15) is 22.9 Å². The number of Topliss-reactive ketones (excluding diaryl/α,β-unsaturated/α-hetero) is 1. The number of nitrogens with zero attached hydrogens (tertiary/aromatic N) is 3. The number of rotatable bonds is 4. The van der Waals surface area contributed by atoms with Crippen LogP contribution < -0.4 is 4.74 Å². The average Bonchev–Trinajstić information content (AvgIpc) is 3.02. The summed E-state index contributed by atoms with van der Waals surface area (Å²) in [6.45, 7) is 9.85. The van der Waals surface area contributed by atoms with Crippen molar-refractivity contribution in [2.45, 2.75) is 71.3 Å². The molecule has 1 aliphatic carbocycles. The molecule has 0 amide bonds. The van der Waals surface area contributed by atoms with Gasteiger partial charge in [-0.2, -0.15) is 22.8 Å². The summed E-state index contributed by atoms with van der Waals surface area (Å²) in [7, 11) is 1.60. The monoisotopic (exact) mass is 441 g/mol. The lowest BCUT2D eigenvalue weighted by Gasteiger charge is -2.43. The summed E-state index contributed by atoms with van der Waals surface area (Å²) >= 11 is 0. The van der Waals surface area contributed by atoms with Gasteiger partial charge in [-0.3, -0.25) is 4.79 Å². The van der Waals surface area contributed by atoms with Crippen LogP contribution >= 0.6 is 0 Å². The number of imidazole rings is 1. The number of ketones is 1. The van der Waals surface area contributed by atoms with Crippen LogP contribution in [-0.2, 0) is 10.3 Å². The molecule has 0 radical (unpaired) electrons. The highest BCUT2D eigenvalue weighted by Crippen LogP contribution is 2.56. The number of aryl methyl sites for hydroxylation is 1. The molecular weight excluding hydrogens is 414 g/mol. The number of fused-ring (bicyclic) bond motifs is 1. The minimum absolute atomic E-state index is 0.0854. The number of halogens is 4. The van der Waals surface area contributed by atoms with E-state index in [0.717, 1.165) is 16.9 Å². The fourth-order valence-corrected chi connectivity index (χ4v) is 3.69. The van der Waals surface area contributed by atoms with Crippen LogP contribution in [0.15, 0.2) is 12.1 Å². The minimum Gasteiger partial charge on any atom is -0.494 e. The average molecular weight is 441 g/mol. The molecule has 1 aromatic carbocycles. The van der Waals surface area contributed by atoms with Crippen molar-refractivity contribution in [2.75, 3.05) is 7.11 Å². The molecule has 1 aliphatic rings. The molecule has 1 saturated carbocycles. The van der Waals surface area contributed by atoms with E-state index in [0.29, 0.717) is 11.3 Å². The van der Waals surface area contributed by atoms with E-state index in [4.69, 9.17) is 10.00 Å². The van der Waals surface area contributed by atoms with Crippen molar-refractivity contribution < 1.29 is 27.1 Å². The highest BCUT2D eigenvalue weighted by Gasteiger charge is 2.71. The third-order valence-electron chi connectivity index (χ3n) is 5.28. The zero-order valence-corrected chi connectivity index (χ0v) is 18.5. The van der Waals surface area contributed by atoms with Crippen molar-refractivity contribution in [1.29, 1.82) is 5.26 Å². The van der Waals surface area contributed by atoms with Gasteiger partial charge in [0.05, 0.1) is 24.3 Å². The summed E-state index contributed by atoms with van der Waals surface area (Å²) in [5, 5.41) is 9.08. The Morgan fingerprint density at radius 2 is 1.94 bits per heavy atom. The van der Waals surface area contributed by atoms with E-state index in [-0.39, 0.29) is 17.7 Å². The van der Waals surface area contributed by atoms with Gasteiger partial charge in [0.15, 0.2) is 0 Å². The number of nitriles is 1. The van der Waals surface area contributed by atoms with E-state index in [9.17, 15) is 22.4 Å². The molecule has 31 heavy (non-hydrogen) atoms. The molecule has 3 rings (SSSR count). The van der Waals surface area contributed by atoms with E-state index in [1.54, 1.807) is 13.2 Å². The summed E-state index contributed by atoms with van der Waals surface area (Å²) in [5.74, 6) is -8.18. The largest absolute Gasteiger partial charge is 0.494 e.